The minimum Gasteiger partial charge on any atom is -0.456 e. The van der Waals surface area contributed by atoms with E-state index >= 15 is 0 Å². The molecule has 6 aromatic carbocycles. The van der Waals surface area contributed by atoms with Gasteiger partial charge in [-0.3, -0.25) is 0 Å². The predicted molar refractivity (Wildman–Crippen MR) is 176 cm³/mol. The van der Waals surface area contributed by atoms with E-state index in [-0.39, 0.29) is 28.6 Å². The second-order valence-electron chi connectivity index (χ2n) is 10.1. The minimum atomic E-state index is -0.616. The van der Waals surface area contributed by atoms with Gasteiger partial charge in [0.05, 0.1) is 13.7 Å². The van der Waals surface area contributed by atoms with E-state index in [0.29, 0.717) is 16.7 Å². The third kappa shape index (κ3) is 3.91. The van der Waals surface area contributed by atoms with Crippen molar-refractivity contribution in [3.8, 4) is 45.3 Å². The number of nitrogens with zero attached hydrogens (tertiary/aromatic N) is 3. The van der Waals surface area contributed by atoms with Crippen LogP contribution in [0.1, 0.15) is 13.7 Å². The molecule has 0 saturated heterocycles. The molecule has 0 saturated carbocycles. The van der Waals surface area contributed by atoms with Crippen LogP contribution in [0.4, 0.5) is 0 Å². The lowest BCUT2D eigenvalue weighted by molar-refractivity contribution is 0.669. The lowest BCUT2D eigenvalue weighted by Crippen LogP contribution is -2.00. The van der Waals surface area contributed by atoms with Gasteiger partial charge in [-0.1, -0.05) is 115 Å². The molecule has 9 rings (SSSR count). The number of hydrogen-bond donors (Lipinski definition) is 0. The summed E-state index contributed by atoms with van der Waals surface area (Å²) in [5.74, 6) is -0.738. The Kier molecular flexibility index (Phi) is 3.66. The molecule has 3 aromatic heterocycles. The van der Waals surface area contributed by atoms with E-state index < -0.39 is 60.4 Å². The number of para-hydroxylation sites is 2. The van der Waals surface area contributed by atoms with Crippen molar-refractivity contribution in [1.82, 2.24) is 15.0 Å². The van der Waals surface area contributed by atoms with Crippen molar-refractivity contribution < 1.29 is 22.5 Å². The van der Waals surface area contributed by atoms with Gasteiger partial charge >= 0.3 is 0 Å². The molecule has 0 spiro atoms. The van der Waals surface area contributed by atoms with E-state index in [2.05, 4.69) is 15.0 Å². The molecule has 5 heteroatoms. The van der Waals surface area contributed by atoms with Crippen molar-refractivity contribution in [2.24, 2.45) is 0 Å². The Morgan fingerprint density at radius 1 is 0.455 bits per heavy atom. The SMILES string of the molecule is [2H]c1c([2H])c([2H])c(-c2nc(-c3ccc4c(c3)oc3cccc(-c5cccc6c5oc5ccccc56)c34)nc(-c3c([2H])c([2H])c([2H])c([2H])c3[2H])n2)c([2H])c1[2H]. The Bertz CT molecular complexity index is 2940. The zero-order chi connectivity index (χ0) is 37.7. The van der Waals surface area contributed by atoms with E-state index in [1.54, 1.807) is 12.1 Å². The van der Waals surface area contributed by atoms with Crippen LogP contribution in [0.25, 0.3) is 89.2 Å². The standard InChI is InChI=1S/C39H23N3O2/c1-3-11-24(12-4-1)37-40-38(25-13-5-2-6-14-25)42-39(41-37)26-21-22-31-34(23-26)43-33-20-10-16-28(35(31)33)30-18-9-17-29-27-15-7-8-19-32(27)44-36(29)30/h1-23H/i1D,2D,3D,4D,5D,6D,11D,12D,13D,14D. The summed E-state index contributed by atoms with van der Waals surface area (Å²) >= 11 is 0. The van der Waals surface area contributed by atoms with Crippen LogP contribution in [0.3, 0.4) is 0 Å². The summed E-state index contributed by atoms with van der Waals surface area (Å²) < 4.78 is 96.2. The molecule has 0 radical (unpaired) electrons. The Labute approximate surface area is 266 Å². The molecule has 0 atom stereocenters. The van der Waals surface area contributed by atoms with Crippen LogP contribution < -0.4 is 0 Å². The number of furan rings is 2. The highest BCUT2D eigenvalue weighted by atomic mass is 16.3. The summed E-state index contributed by atoms with van der Waals surface area (Å²) in [6, 6.07) is 18.9. The summed E-state index contributed by atoms with van der Waals surface area (Å²) in [5.41, 5.74) is 4.02. The summed E-state index contributed by atoms with van der Waals surface area (Å²) in [6.07, 6.45) is 0. The largest absolute Gasteiger partial charge is 0.456 e. The first-order valence-electron chi connectivity index (χ1n) is 18.7. The van der Waals surface area contributed by atoms with Gasteiger partial charge in [0.2, 0.25) is 0 Å². The van der Waals surface area contributed by atoms with E-state index in [9.17, 15) is 0 Å². The van der Waals surface area contributed by atoms with Gasteiger partial charge in [-0.25, -0.2) is 15.0 Å². The lowest BCUT2D eigenvalue weighted by Gasteiger charge is -2.08. The van der Waals surface area contributed by atoms with E-state index in [4.69, 9.17) is 22.5 Å². The number of aromatic nitrogens is 3. The van der Waals surface area contributed by atoms with E-state index in [1.807, 2.05) is 66.7 Å². The van der Waals surface area contributed by atoms with Crippen LogP contribution >= 0.6 is 0 Å². The first-order chi connectivity index (χ1) is 25.9. The average Bonchev–Trinajstić information content (AvgIpc) is 3.76. The highest BCUT2D eigenvalue weighted by Crippen LogP contribution is 2.42. The molecule has 206 valence electrons. The van der Waals surface area contributed by atoms with Gasteiger partial charge in [0.1, 0.15) is 22.3 Å². The van der Waals surface area contributed by atoms with Crippen LogP contribution in [0, 0.1) is 0 Å². The van der Waals surface area contributed by atoms with E-state index in [1.165, 1.54) is 0 Å². The van der Waals surface area contributed by atoms with Crippen molar-refractivity contribution in [3.05, 3.63) is 139 Å². The molecule has 0 aliphatic rings. The summed E-state index contributed by atoms with van der Waals surface area (Å²) in [5, 5.41) is 3.59. The Morgan fingerprint density at radius 3 is 1.82 bits per heavy atom. The average molecular weight is 576 g/mol. The number of fused-ring (bicyclic) bond motifs is 6. The van der Waals surface area contributed by atoms with Gasteiger partial charge in [0.25, 0.3) is 0 Å². The van der Waals surface area contributed by atoms with Crippen molar-refractivity contribution in [1.29, 1.82) is 0 Å². The molecule has 0 N–H and O–H groups in total. The zero-order valence-corrected chi connectivity index (χ0v) is 22.7. The Hall–Kier alpha value is -6.07. The molecular weight excluding hydrogens is 542 g/mol. The fourth-order valence-corrected chi connectivity index (χ4v) is 5.60. The van der Waals surface area contributed by atoms with Gasteiger partial charge in [0, 0.05) is 43.8 Å². The molecule has 9 aromatic rings. The maximum Gasteiger partial charge on any atom is 0.164 e. The van der Waals surface area contributed by atoms with Gasteiger partial charge < -0.3 is 8.83 Å². The highest BCUT2D eigenvalue weighted by Gasteiger charge is 2.19. The fourth-order valence-electron chi connectivity index (χ4n) is 5.60. The van der Waals surface area contributed by atoms with Gasteiger partial charge in [-0.05, 0) is 29.8 Å². The lowest BCUT2D eigenvalue weighted by atomic mass is 9.97. The first kappa shape index (κ1) is 16.5. The molecule has 0 unspecified atom stereocenters. The molecule has 0 amide bonds. The molecule has 0 fully saturated rings. The van der Waals surface area contributed by atoms with Crippen LogP contribution in [0.2, 0.25) is 0 Å². The van der Waals surface area contributed by atoms with Crippen LogP contribution in [0.5, 0.6) is 0 Å². The zero-order valence-electron chi connectivity index (χ0n) is 32.7. The second-order valence-corrected chi connectivity index (χ2v) is 10.1. The summed E-state index contributed by atoms with van der Waals surface area (Å²) in [7, 11) is 0. The van der Waals surface area contributed by atoms with Gasteiger partial charge in [0.15, 0.2) is 17.5 Å². The normalized spacial score (nSPS) is 14.8. The quantitative estimate of drug-likeness (QED) is 0.209. The van der Waals surface area contributed by atoms with Gasteiger partial charge in [-0.2, -0.15) is 0 Å². The van der Waals surface area contributed by atoms with Gasteiger partial charge in [-0.15, -0.1) is 0 Å². The molecule has 5 nitrogen and oxygen atoms in total. The van der Waals surface area contributed by atoms with Crippen LogP contribution in [0.15, 0.2) is 148 Å². The number of hydrogen-bond acceptors (Lipinski definition) is 5. The molecule has 44 heavy (non-hydrogen) atoms. The van der Waals surface area contributed by atoms with Crippen molar-refractivity contribution in [3.63, 3.8) is 0 Å². The molecule has 0 bridgehead atoms. The molecule has 0 aliphatic carbocycles. The fraction of sp³-hybridized carbons (Fsp3) is 0. The maximum atomic E-state index is 8.59. The minimum absolute atomic E-state index is 0.0526. The van der Waals surface area contributed by atoms with Crippen molar-refractivity contribution in [2.45, 2.75) is 0 Å². The maximum absolute atomic E-state index is 8.59. The highest BCUT2D eigenvalue weighted by molar-refractivity contribution is 6.17. The third-order valence-electron chi connectivity index (χ3n) is 7.53. The van der Waals surface area contributed by atoms with Crippen molar-refractivity contribution in [2.75, 3.05) is 0 Å². The monoisotopic (exact) mass is 575 g/mol. The Morgan fingerprint density at radius 2 is 1.07 bits per heavy atom. The summed E-state index contributed by atoms with van der Waals surface area (Å²) in [4.78, 5) is 13.4. The van der Waals surface area contributed by atoms with Crippen LogP contribution in [-0.4, -0.2) is 15.0 Å². The molecule has 0 aliphatic heterocycles. The van der Waals surface area contributed by atoms with E-state index in [0.717, 1.165) is 43.8 Å². The van der Waals surface area contributed by atoms with Crippen molar-refractivity contribution >= 4 is 43.9 Å². The number of benzene rings is 6. The molecular formula is C39H23N3O2. The predicted octanol–water partition coefficient (Wildman–Crippen LogP) is 10.3. The topological polar surface area (TPSA) is 65.0 Å². The second kappa shape index (κ2) is 9.75. The van der Waals surface area contributed by atoms with Crippen LogP contribution in [-0.2, 0) is 0 Å². The first-order valence-corrected chi connectivity index (χ1v) is 13.7. The third-order valence-corrected chi connectivity index (χ3v) is 7.53. The smallest absolute Gasteiger partial charge is 0.164 e. The number of rotatable bonds is 4. The molecule has 3 heterocycles. The Balaban J connectivity index is 1.28. The summed E-state index contributed by atoms with van der Waals surface area (Å²) in [6.45, 7) is 0.